The third kappa shape index (κ3) is 7.85. The van der Waals surface area contributed by atoms with Crippen LogP contribution in [0.2, 0.25) is 0 Å². The molecule has 3 aromatic rings. The molecular formula is C20H22NO2SW-. The van der Waals surface area contributed by atoms with Crippen LogP contribution in [0, 0.1) is 33.1 Å². The molecular weight excluding hydrogens is 502 g/mol. The van der Waals surface area contributed by atoms with E-state index in [0.717, 1.165) is 16.5 Å². The molecule has 0 N–H and O–H groups in total. The minimum absolute atomic E-state index is 0. The van der Waals surface area contributed by atoms with Gasteiger partial charge in [0.25, 0.3) is 0 Å². The van der Waals surface area contributed by atoms with E-state index in [0.29, 0.717) is 6.79 Å². The first kappa shape index (κ1) is 21.4. The van der Waals surface area contributed by atoms with Crippen molar-refractivity contribution in [2.75, 3.05) is 6.79 Å². The summed E-state index contributed by atoms with van der Waals surface area (Å²) in [6.45, 7) is 8.54. The second-order valence-corrected chi connectivity index (χ2v) is 6.54. The maximum absolute atomic E-state index is 5.16. The van der Waals surface area contributed by atoms with E-state index in [1.807, 2.05) is 32.0 Å². The van der Waals surface area contributed by atoms with Gasteiger partial charge in [0.05, 0.1) is 0 Å². The van der Waals surface area contributed by atoms with Gasteiger partial charge in [0.1, 0.15) is 0 Å². The molecule has 0 aliphatic carbocycles. The Morgan fingerprint density at radius 3 is 1.88 bits per heavy atom. The number of thiazole rings is 1. The molecule has 0 amide bonds. The van der Waals surface area contributed by atoms with Gasteiger partial charge in [0.15, 0.2) is 11.5 Å². The first-order valence-corrected chi connectivity index (χ1v) is 8.54. The van der Waals surface area contributed by atoms with E-state index in [-0.39, 0.29) is 21.1 Å². The second-order valence-electron chi connectivity index (χ2n) is 5.51. The van der Waals surface area contributed by atoms with Gasteiger partial charge in [-0.3, -0.25) is 0 Å². The van der Waals surface area contributed by atoms with E-state index in [2.05, 4.69) is 48.5 Å². The molecule has 4 rings (SSSR count). The van der Waals surface area contributed by atoms with E-state index in [4.69, 9.17) is 9.47 Å². The van der Waals surface area contributed by atoms with Gasteiger partial charge in [-0.1, -0.05) is 59.6 Å². The standard InChI is InChI=1S/C8H8O2.C8H10.C4H4NS.W/c1-6-2-3-7-8(4-6)10-5-9-7;1-7-3-5-8(2)6-4-7;1-4-5-2-3-6-4;/h2-4H,5H2,1H3;3-6H,1-2H3;2H,1H3;/q;;-1;. The van der Waals surface area contributed by atoms with Gasteiger partial charge in [0, 0.05) is 21.1 Å². The van der Waals surface area contributed by atoms with Crippen LogP contribution < -0.4 is 9.47 Å². The van der Waals surface area contributed by atoms with Crippen molar-refractivity contribution in [2.24, 2.45) is 0 Å². The minimum atomic E-state index is 0. The molecule has 0 atom stereocenters. The predicted octanol–water partition coefficient (Wildman–Crippen LogP) is 5.28. The third-order valence-corrected chi connectivity index (χ3v) is 3.88. The fourth-order valence-corrected chi connectivity index (χ4v) is 2.28. The molecule has 5 heteroatoms. The molecule has 132 valence electrons. The van der Waals surface area contributed by atoms with Crippen LogP contribution >= 0.6 is 11.3 Å². The Balaban J connectivity index is 0.000000190. The summed E-state index contributed by atoms with van der Waals surface area (Å²) < 4.78 is 10.3. The summed E-state index contributed by atoms with van der Waals surface area (Å²) in [5.41, 5.74) is 3.86. The van der Waals surface area contributed by atoms with Crippen LogP contribution in [0.25, 0.3) is 0 Å². The number of aryl methyl sites for hydroxylation is 4. The largest absolute Gasteiger partial charge is 0.454 e. The summed E-state index contributed by atoms with van der Waals surface area (Å²) in [6.07, 6.45) is 1.68. The van der Waals surface area contributed by atoms with E-state index in [1.54, 1.807) is 17.5 Å². The number of rotatable bonds is 0. The molecule has 1 aromatic heterocycles. The number of fused-ring (bicyclic) bond motifs is 1. The molecule has 1 aliphatic heterocycles. The Bertz CT molecular complexity index is 722. The fraction of sp³-hybridized carbons (Fsp3) is 0.250. The summed E-state index contributed by atoms with van der Waals surface area (Å²) in [4.78, 5) is 3.88. The number of nitrogens with zero attached hydrogens (tertiary/aromatic N) is 1. The van der Waals surface area contributed by atoms with E-state index >= 15 is 0 Å². The van der Waals surface area contributed by atoms with Crippen molar-refractivity contribution in [3.05, 3.63) is 75.7 Å². The average Bonchev–Trinajstić information content (AvgIpc) is 3.22. The van der Waals surface area contributed by atoms with E-state index in [9.17, 15) is 0 Å². The number of ether oxygens (including phenoxy) is 2. The van der Waals surface area contributed by atoms with Gasteiger partial charge in [0.2, 0.25) is 6.79 Å². The minimum Gasteiger partial charge on any atom is -0.454 e. The predicted molar refractivity (Wildman–Crippen MR) is 98.9 cm³/mol. The third-order valence-electron chi connectivity index (χ3n) is 3.25. The Morgan fingerprint density at radius 2 is 1.40 bits per heavy atom. The first-order chi connectivity index (χ1) is 11.5. The summed E-state index contributed by atoms with van der Waals surface area (Å²) in [7, 11) is 0. The van der Waals surface area contributed by atoms with Crippen molar-refractivity contribution in [2.45, 2.75) is 27.7 Å². The fourth-order valence-electron chi connectivity index (χ4n) is 1.90. The number of hydrogen-bond acceptors (Lipinski definition) is 4. The molecule has 0 saturated heterocycles. The zero-order chi connectivity index (χ0) is 17.4. The van der Waals surface area contributed by atoms with Crippen LogP contribution in [-0.4, -0.2) is 11.8 Å². The molecule has 2 heterocycles. The smallest absolute Gasteiger partial charge is 0.231 e. The molecule has 0 bridgehead atoms. The molecule has 0 radical (unpaired) electrons. The van der Waals surface area contributed by atoms with Crippen molar-refractivity contribution < 1.29 is 30.5 Å². The van der Waals surface area contributed by atoms with Gasteiger partial charge in [-0.2, -0.15) is 5.38 Å². The SMILES string of the molecule is Cc1ccc(C)cc1.Cc1ccc2c(c1)OCO2.Cc1nc[c-]s1.[W]. The van der Waals surface area contributed by atoms with Crippen LogP contribution in [0.5, 0.6) is 11.5 Å². The monoisotopic (exact) mass is 524 g/mol. The molecule has 0 spiro atoms. The van der Waals surface area contributed by atoms with E-state index in [1.165, 1.54) is 16.7 Å². The van der Waals surface area contributed by atoms with Crippen LogP contribution in [-0.2, 0) is 21.1 Å². The quantitative estimate of drug-likeness (QED) is 0.376. The molecule has 2 aromatic carbocycles. The van der Waals surface area contributed by atoms with Gasteiger partial charge < -0.3 is 25.8 Å². The van der Waals surface area contributed by atoms with E-state index < -0.39 is 0 Å². The van der Waals surface area contributed by atoms with Gasteiger partial charge in [-0.05, 0) is 38.5 Å². The Morgan fingerprint density at radius 1 is 0.840 bits per heavy atom. The van der Waals surface area contributed by atoms with Crippen LogP contribution in [0.1, 0.15) is 21.7 Å². The summed E-state index contributed by atoms with van der Waals surface area (Å²) in [5.74, 6) is 1.71. The van der Waals surface area contributed by atoms with Crippen molar-refractivity contribution in [3.63, 3.8) is 0 Å². The molecule has 25 heavy (non-hydrogen) atoms. The molecule has 0 unspecified atom stereocenters. The van der Waals surface area contributed by atoms with Crippen LogP contribution in [0.4, 0.5) is 0 Å². The average molecular weight is 524 g/mol. The molecule has 0 saturated carbocycles. The number of aromatic nitrogens is 1. The molecule has 1 aliphatic rings. The number of hydrogen-bond donors (Lipinski definition) is 0. The van der Waals surface area contributed by atoms with Gasteiger partial charge >= 0.3 is 0 Å². The normalized spacial score (nSPS) is 10.6. The first-order valence-electron chi connectivity index (χ1n) is 7.72. The zero-order valence-electron chi connectivity index (χ0n) is 14.9. The summed E-state index contributed by atoms with van der Waals surface area (Å²) >= 11 is 1.54. The molecule has 0 fully saturated rings. The van der Waals surface area contributed by atoms with Crippen molar-refractivity contribution in [1.29, 1.82) is 0 Å². The number of benzene rings is 2. The molecule has 3 nitrogen and oxygen atoms in total. The second kappa shape index (κ2) is 11.1. The topological polar surface area (TPSA) is 31.4 Å². The summed E-state index contributed by atoms with van der Waals surface area (Å²) in [5, 5.41) is 3.94. The van der Waals surface area contributed by atoms with Gasteiger partial charge in [-0.25, -0.2) is 0 Å². The van der Waals surface area contributed by atoms with Crippen LogP contribution in [0.15, 0.2) is 48.7 Å². The zero-order valence-corrected chi connectivity index (χ0v) is 18.7. The Hall–Kier alpha value is -1.64. The maximum atomic E-state index is 5.16. The Kier molecular flexibility index (Phi) is 9.47. The van der Waals surface area contributed by atoms with Crippen molar-refractivity contribution in [3.8, 4) is 11.5 Å². The maximum Gasteiger partial charge on any atom is 0.231 e. The van der Waals surface area contributed by atoms with Crippen molar-refractivity contribution in [1.82, 2.24) is 4.98 Å². The summed E-state index contributed by atoms with van der Waals surface area (Å²) in [6, 6.07) is 14.4. The Labute approximate surface area is 168 Å². The van der Waals surface area contributed by atoms with Gasteiger partial charge in [-0.15, -0.1) is 0 Å². The van der Waals surface area contributed by atoms with Crippen LogP contribution in [0.3, 0.4) is 0 Å². The van der Waals surface area contributed by atoms with Crippen molar-refractivity contribution >= 4 is 11.3 Å².